The first kappa shape index (κ1) is 12.9. The van der Waals surface area contributed by atoms with Gasteiger partial charge in [0.05, 0.1) is 12.2 Å². The smallest absolute Gasteiger partial charge is 0.0877 e. The fraction of sp³-hybridized carbons (Fsp3) is 1.00. The lowest BCUT2D eigenvalue weighted by molar-refractivity contribution is -0.0672. The molecule has 4 atom stereocenters. The topological polar surface area (TPSA) is 60.7 Å². The zero-order valence-corrected chi connectivity index (χ0v) is 8.99. The summed E-state index contributed by atoms with van der Waals surface area (Å²) in [5.41, 5.74) is -1.05. The van der Waals surface area contributed by atoms with E-state index in [1.807, 2.05) is 20.8 Å². The number of hydrogen-bond donors (Lipinski definition) is 3. The first-order chi connectivity index (χ1) is 5.86. The maximum Gasteiger partial charge on any atom is 0.0877 e. The molecule has 0 heterocycles. The highest BCUT2D eigenvalue weighted by molar-refractivity contribution is 4.83. The van der Waals surface area contributed by atoms with Crippen molar-refractivity contribution >= 4 is 0 Å². The van der Waals surface area contributed by atoms with E-state index >= 15 is 0 Å². The second kappa shape index (κ2) is 4.94. The standard InChI is InChI=1S/C10H22O3/c1-7(5-11)8(2)9(3)10(4,13)6-12/h7-9,11-13H,5-6H2,1-4H3. The zero-order chi connectivity index (χ0) is 10.6. The monoisotopic (exact) mass is 190 g/mol. The minimum atomic E-state index is -1.05. The van der Waals surface area contributed by atoms with Gasteiger partial charge in [-0.05, 0) is 24.7 Å². The molecule has 0 aromatic rings. The normalized spacial score (nSPS) is 23.3. The Morgan fingerprint density at radius 2 is 1.62 bits per heavy atom. The summed E-state index contributed by atoms with van der Waals surface area (Å²) in [4.78, 5) is 0. The van der Waals surface area contributed by atoms with Gasteiger partial charge in [-0.1, -0.05) is 20.8 Å². The summed E-state index contributed by atoms with van der Waals surface area (Å²) >= 11 is 0. The van der Waals surface area contributed by atoms with Crippen LogP contribution < -0.4 is 0 Å². The Hall–Kier alpha value is -0.120. The molecule has 4 unspecified atom stereocenters. The number of rotatable bonds is 5. The lowest BCUT2D eigenvalue weighted by Crippen LogP contribution is -2.42. The Labute approximate surface area is 80.4 Å². The van der Waals surface area contributed by atoms with Gasteiger partial charge < -0.3 is 15.3 Å². The second-order valence-electron chi connectivity index (χ2n) is 4.32. The Balaban J connectivity index is 4.32. The highest BCUT2D eigenvalue weighted by Gasteiger charge is 2.33. The van der Waals surface area contributed by atoms with Crippen molar-refractivity contribution in [1.29, 1.82) is 0 Å². The van der Waals surface area contributed by atoms with E-state index in [4.69, 9.17) is 10.2 Å². The van der Waals surface area contributed by atoms with Gasteiger partial charge in [-0.25, -0.2) is 0 Å². The Morgan fingerprint density at radius 1 is 1.15 bits per heavy atom. The van der Waals surface area contributed by atoms with E-state index < -0.39 is 5.60 Å². The highest BCUT2D eigenvalue weighted by atomic mass is 16.3. The van der Waals surface area contributed by atoms with Crippen LogP contribution in [-0.2, 0) is 0 Å². The van der Waals surface area contributed by atoms with Gasteiger partial charge in [-0.3, -0.25) is 0 Å². The molecule has 0 spiro atoms. The summed E-state index contributed by atoms with van der Waals surface area (Å²) in [5, 5.41) is 27.7. The van der Waals surface area contributed by atoms with Crippen molar-refractivity contribution in [2.45, 2.75) is 33.3 Å². The van der Waals surface area contributed by atoms with E-state index in [0.29, 0.717) is 0 Å². The Morgan fingerprint density at radius 3 is 1.92 bits per heavy atom. The van der Waals surface area contributed by atoms with Crippen LogP contribution in [0.5, 0.6) is 0 Å². The van der Waals surface area contributed by atoms with E-state index in [1.54, 1.807) is 6.92 Å². The van der Waals surface area contributed by atoms with Crippen molar-refractivity contribution in [3.8, 4) is 0 Å². The van der Waals surface area contributed by atoms with Gasteiger partial charge >= 0.3 is 0 Å². The van der Waals surface area contributed by atoms with Crippen molar-refractivity contribution in [3.05, 3.63) is 0 Å². The third-order valence-corrected chi connectivity index (χ3v) is 3.28. The molecule has 0 saturated heterocycles. The van der Waals surface area contributed by atoms with Crippen LogP contribution in [0.15, 0.2) is 0 Å². The minimum Gasteiger partial charge on any atom is -0.396 e. The van der Waals surface area contributed by atoms with Crippen LogP contribution >= 0.6 is 0 Å². The molecule has 0 rings (SSSR count). The fourth-order valence-corrected chi connectivity index (χ4v) is 1.37. The van der Waals surface area contributed by atoms with Crippen molar-refractivity contribution in [2.75, 3.05) is 13.2 Å². The molecular weight excluding hydrogens is 168 g/mol. The molecule has 0 radical (unpaired) electrons. The van der Waals surface area contributed by atoms with E-state index in [0.717, 1.165) is 0 Å². The molecule has 0 aliphatic carbocycles. The number of aliphatic hydroxyl groups is 3. The van der Waals surface area contributed by atoms with E-state index in [1.165, 1.54) is 0 Å². The molecule has 0 saturated carbocycles. The molecule has 0 aromatic heterocycles. The van der Waals surface area contributed by atoms with Crippen LogP contribution in [0.3, 0.4) is 0 Å². The lowest BCUT2D eigenvalue weighted by atomic mass is 9.76. The summed E-state index contributed by atoms with van der Waals surface area (Å²) in [6.45, 7) is 7.32. The SMILES string of the molecule is CC(CO)C(C)C(C)C(C)(O)CO. The van der Waals surface area contributed by atoms with Gasteiger partial charge in [0.1, 0.15) is 0 Å². The van der Waals surface area contributed by atoms with Crippen molar-refractivity contribution in [3.63, 3.8) is 0 Å². The average Bonchev–Trinajstić information content (AvgIpc) is 2.14. The molecule has 13 heavy (non-hydrogen) atoms. The van der Waals surface area contributed by atoms with Gasteiger partial charge in [0, 0.05) is 6.61 Å². The number of aliphatic hydroxyl groups excluding tert-OH is 2. The van der Waals surface area contributed by atoms with Gasteiger partial charge in [0.2, 0.25) is 0 Å². The minimum absolute atomic E-state index is 0.0281. The van der Waals surface area contributed by atoms with Crippen LogP contribution in [0.4, 0.5) is 0 Å². The van der Waals surface area contributed by atoms with Gasteiger partial charge in [0.15, 0.2) is 0 Å². The molecule has 0 aromatic carbocycles. The molecule has 0 bridgehead atoms. The maximum atomic E-state index is 9.77. The molecule has 0 amide bonds. The quantitative estimate of drug-likeness (QED) is 0.596. The van der Waals surface area contributed by atoms with Crippen LogP contribution in [0.25, 0.3) is 0 Å². The summed E-state index contributed by atoms with van der Waals surface area (Å²) < 4.78 is 0. The predicted molar refractivity (Wildman–Crippen MR) is 52.3 cm³/mol. The molecule has 80 valence electrons. The molecule has 3 nitrogen and oxygen atoms in total. The van der Waals surface area contributed by atoms with Gasteiger partial charge in [-0.2, -0.15) is 0 Å². The van der Waals surface area contributed by atoms with E-state index in [9.17, 15) is 5.11 Å². The van der Waals surface area contributed by atoms with Crippen molar-refractivity contribution in [2.24, 2.45) is 17.8 Å². The molecule has 3 heteroatoms. The lowest BCUT2D eigenvalue weighted by Gasteiger charge is -2.35. The predicted octanol–water partition coefficient (Wildman–Crippen LogP) is 0.630. The first-order valence-electron chi connectivity index (χ1n) is 4.81. The largest absolute Gasteiger partial charge is 0.396 e. The van der Waals surface area contributed by atoms with Crippen LogP contribution in [0.1, 0.15) is 27.7 Å². The zero-order valence-electron chi connectivity index (χ0n) is 8.99. The van der Waals surface area contributed by atoms with Crippen LogP contribution in [-0.4, -0.2) is 34.1 Å². The molecule has 0 fully saturated rings. The molecule has 3 N–H and O–H groups in total. The van der Waals surface area contributed by atoms with E-state index in [2.05, 4.69) is 0 Å². The third kappa shape index (κ3) is 3.25. The molecule has 0 aliphatic heterocycles. The Bertz CT molecular complexity index is 145. The summed E-state index contributed by atoms with van der Waals surface area (Å²) in [6, 6.07) is 0. The van der Waals surface area contributed by atoms with Crippen LogP contribution in [0.2, 0.25) is 0 Å². The van der Waals surface area contributed by atoms with E-state index in [-0.39, 0.29) is 31.0 Å². The summed E-state index contributed by atoms with van der Waals surface area (Å²) in [6.07, 6.45) is 0. The average molecular weight is 190 g/mol. The van der Waals surface area contributed by atoms with Gasteiger partial charge in [-0.15, -0.1) is 0 Å². The highest BCUT2D eigenvalue weighted by Crippen LogP contribution is 2.29. The van der Waals surface area contributed by atoms with Crippen molar-refractivity contribution < 1.29 is 15.3 Å². The fourth-order valence-electron chi connectivity index (χ4n) is 1.37. The number of hydrogen-bond acceptors (Lipinski definition) is 3. The maximum absolute atomic E-state index is 9.77. The summed E-state index contributed by atoms with van der Waals surface area (Å²) in [7, 11) is 0. The third-order valence-electron chi connectivity index (χ3n) is 3.28. The second-order valence-corrected chi connectivity index (χ2v) is 4.32. The molecular formula is C10H22O3. The van der Waals surface area contributed by atoms with Crippen molar-refractivity contribution in [1.82, 2.24) is 0 Å². The summed E-state index contributed by atoms with van der Waals surface area (Å²) in [5.74, 6) is 0.305. The Kier molecular flexibility index (Phi) is 4.89. The molecule has 0 aliphatic rings. The van der Waals surface area contributed by atoms with Crippen LogP contribution in [0, 0.1) is 17.8 Å². The van der Waals surface area contributed by atoms with Gasteiger partial charge in [0.25, 0.3) is 0 Å². The first-order valence-corrected chi connectivity index (χ1v) is 4.81.